The summed E-state index contributed by atoms with van der Waals surface area (Å²) in [4.78, 5) is 17.7. The van der Waals surface area contributed by atoms with Gasteiger partial charge in [-0.05, 0) is 48.9 Å². The largest absolute Gasteiger partial charge is 0.494 e. The van der Waals surface area contributed by atoms with Crippen LogP contribution in [0.3, 0.4) is 0 Å². The number of hydrogen-bond donors (Lipinski definition) is 1. The molecule has 0 saturated carbocycles. The molecule has 0 unspecified atom stereocenters. The number of anilines is 2. The molecule has 5 nitrogen and oxygen atoms in total. The maximum atomic E-state index is 13.5. The quantitative estimate of drug-likeness (QED) is 0.406. The number of thiazole rings is 1. The fraction of sp³-hybridized carbons (Fsp3) is 0.273. The second-order valence-electron chi connectivity index (χ2n) is 6.72. The summed E-state index contributed by atoms with van der Waals surface area (Å²) < 4.78 is 32.4. The molecule has 2 aromatic carbocycles. The Balaban J connectivity index is 1.74. The highest BCUT2D eigenvalue weighted by atomic mass is 32.1. The molecule has 30 heavy (non-hydrogen) atoms. The van der Waals surface area contributed by atoms with Crippen molar-refractivity contribution in [3.05, 3.63) is 59.5 Å². The molecule has 1 heterocycles. The highest BCUT2D eigenvalue weighted by Crippen LogP contribution is 2.33. The van der Waals surface area contributed by atoms with Gasteiger partial charge in [-0.15, -0.1) is 11.3 Å². The van der Waals surface area contributed by atoms with Crippen molar-refractivity contribution in [1.29, 1.82) is 0 Å². The summed E-state index contributed by atoms with van der Waals surface area (Å²) in [6.07, 6.45) is 4.49. The van der Waals surface area contributed by atoms with Crippen molar-refractivity contribution in [2.75, 3.05) is 11.5 Å². The molecule has 3 aromatic rings. The first kappa shape index (κ1) is 21.7. The number of carbonyl (C=O) groups excluding carboxylic acids is 1. The number of primary amides is 1. The smallest absolute Gasteiger partial charge is 0.325 e. The average molecular weight is 432 g/mol. The number of hydrogen-bond acceptors (Lipinski definition) is 4. The molecule has 2 amide bonds. The number of rotatable bonds is 9. The molecule has 8 heteroatoms. The molecule has 0 radical (unpaired) electrons. The van der Waals surface area contributed by atoms with E-state index in [9.17, 15) is 13.6 Å². The van der Waals surface area contributed by atoms with Gasteiger partial charge in [0.25, 0.3) is 0 Å². The molecule has 0 aliphatic carbocycles. The monoisotopic (exact) mass is 431 g/mol. The minimum atomic E-state index is -0.959. The zero-order valence-electron chi connectivity index (χ0n) is 16.6. The van der Waals surface area contributed by atoms with Crippen LogP contribution in [0.4, 0.5) is 24.4 Å². The van der Waals surface area contributed by atoms with Gasteiger partial charge >= 0.3 is 6.03 Å². The third kappa shape index (κ3) is 5.33. The van der Waals surface area contributed by atoms with E-state index in [0.717, 1.165) is 25.0 Å². The van der Waals surface area contributed by atoms with E-state index in [0.29, 0.717) is 34.4 Å². The molecule has 0 spiro atoms. The van der Waals surface area contributed by atoms with E-state index in [-0.39, 0.29) is 0 Å². The Labute approximate surface area is 178 Å². The fourth-order valence-corrected chi connectivity index (χ4v) is 3.75. The number of benzene rings is 2. The summed E-state index contributed by atoms with van der Waals surface area (Å²) >= 11 is 1.18. The Hall–Kier alpha value is -3.00. The van der Waals surface area contributed by atoms with Crippen molar-refractivity contribution in [2.24, 2.45) is 5.73 Å². The van der Waals surface area contributed by atoms with Gasteiger partial charge in [-0.3, -0.25) is 0 Å². The van der Waals surface area contributed by atoms with E-state index in [1.54, 1.807) is 29.6 Å². The normalized spacial score (nSPS) is 10.8. The van der Waals surface area contributed by atoms with Gasteiger partial charge in [0.05, 0.1) is 18.0 Å². The predicted molar refractivity (Wildman–Crippen MR) is 115 cm³/mol. The number of unbranched alkanes of at least 4 members (excludes halogenated alkanes) is 3. The standard InChI is InChI=1S/C22H23F2N3O2S/c1-2-3-4-5-12-29-17-9-7-16(8-10-17)27(21(25)28)22-26-20(14-30-22)15-6-11-18(23)19(24)13-15/h6-11,13-14H,2-5,12H2,1H3,(H2,25,28). The first-order valence-corrected chi connectivity index (χ1v) is 10.6. The number of nitrogens with zero attached hydrogens (tertiary/aromatic N) is 2. The summed E-state index contributed by atoms with van der Waals surface area (Å²) in [6, 6.07) is 9.83. The van der Waals surface area contributed by atoms with E-state index in [2.05, 4.69) is 11.9 Å². The van der Waals surface area contributed by atoms with Crippen LogP contribution in [0.25, 0.3) is 11.3 Å². The fourth-order valence-electron chi connectivity index (χ4n) is 2.90. The Kier molecular flexibility index (Phi) is 7.35. The molecule has 2 N–H and O–H groups in total. The third-order valence-electron chi connectivity index (χ3n) is 4.48. The van der Waals surface area contributed by atoms with E-state index >= 15 is 0 Å². The van der Waals surface area contributed by atoms with Gasteiger partial charge in [-0.25, -0.2) is 23.5 Å². The van der Waals surface area contributed by atoms with Crippen LogP contribution < -0.4 is 15.4 Å². The highest BCUT2D eigenvalue weighted by molar-refractivity contribution is 7.14. The SMILES string of the molecule is CCCCCCOc1ccc(N(C(N)=O)c2nc(-c3ccc(F)c(F)c3)cs2)cc1. The summed E-state index contributed by atoms with van der Waals surface area (Å²) in [6.45, 7) is 2.80. The maximum absolute atomic E-state index is 13.5. The first-order chi connectivity index (χ1) is 14.5. The van der Waals surface area contributed by atoms with Crippen molar-refractivity contribution in [1.82, 2.24) is 4.98 Å². The number of ether oxygens (including phenoxy) is 1. The lowest BCUT2D eigenvalue weighted by Crippen LogP contribution is -2.31. The van der Waals surface area contributed by atoms with E-state index in [1.807, 2.05) is 0 Å². The van der Waals surface area contributed by atoms with Crippen molar-refractivity contribution >= 4 is 28.2 Å². The van der Waals surface area contributed by atoms with E-state index in [1.165, 1.54) is 35.1 Å². The van der Waals surface area contributed by atoms with Crippen LogP contribution in [0.1, 0.15) is 32.6 Å². The number of aromatic nitrogens is 1. The molecule has 0 fully saturated rings. The third-order valence-corrected chi connectivity index (χ3v) is 5.31. The Morgan fingerprint density at radius 3 is 2.53 bits per heavy atom. The Bertz CT molecular complexity index is 992. The van der Waals surface area contributed by atoms with Crippen LogP contribution >= 0.6 is 11.3 Å². The van der Waals surface area contributed by atoms with E-state index < -0.39 is 17.7 Å². The molecular weight excluding hydrogens is 408 g/mol. The minimum Gasteiger partial charge on any atom is -0.494 e. The molecule has 0 aliphatic heterocycles. The number of amides is 2. The van der Waals surface area contributed by atoms with E-state index in [4.69, 9.17) is 10.5 Å². The summed E-state index contributed by atoms with van der Waals surface area (Å²) in [5, 5.41) is 1.99. The van der Waals surface area contributed by atoms with Crippen LogP contribution in [0.2, 0.25) is 0 Å². The minimum absolute atomic E-state index is 0.329. The number of urea groups is 1. The van der Waals surface area contributed by atoms with Crippen LogP contribution in [0, 0.1) is 11.6 Å². The molecule has 3 rings (SSSR count). The number of nitrogens with two attached hydrogens (primary N) is 1. The van der Waals surface area contributed by atoms with Gasteiger partial charge in [0.1, 0.15) is 5.75 Å². The summed E-state index contributed by atoms with van der Waals surface area (Å²) in [5.41, 5.74) is 6.94. The Morgan fingerprint density at radius 2 is 1.87 bits per heavy atom. The molecule has 1 aromatic heterocycles. The highest BCUT2D eigenvalue weighted by Gasteiger charge is 2.19. The van der Waals surface area contributed by atoms with Gasteiger partial charge in [-0.1, -0.05) is 26.2 Å². The van der Waals surface area contributed by atoms with Gasteiger partial charge in [0.2, 0.25) is 0 Å². The summed E-state index contributed by atoms with van der Waals surface area (Å²) in [7, 11) is 0. The van der Waals surface area contributed by atoms with Gasteiger partial charge < -0.3 is 10.5 Å². The van der Waals surface area contributed by atoms with Crippen LogP contribution in [0.5, 0.6) is 5.75 Å². The van der Waals surface area contributed by atoms with Gasteiger partial charge in [0.15, 0.2) is 16.8 Å². The lowest BCUT2D eigenvalue weighted by Gasteiger charge is -2.17. The summed E-state index contributed by atoms with van der Waals surface area (Å²) in [5.74, 6) is -1.18. The molecule has 0 saturated heterocycles. The molecule has 0 atom stereocenters. The van der Waals surface area contributed by atoms with Crippen molar-refractivity contribution < 1.29 is 18.3 Å². The predicted octanol–water partition coefficient (Wildman–Crippen LogP) is 6.26. The average Bonchev–Trinajstić information content (AvgIpc) is 3.20. The lowest BCUT2D eigenvalue weighted by atomic mass is 10.2. The van der Waals surface area contributed by atoms with Crippen LogP contribution in [-0.2, 0) is 0 Å². The molecular formula is C22H23F2N3O2S. The number of carbonyl (C=O) groups is 1. The topological polar surface area (TPSA) is 68.5 Å². The second kappa shape index (κ2) is 10.2. The molecule has 158 valence electrons. The maximum Gasteiger partial charge on any atom is 0.325 e. The van der Waals surface area contributed by atoms with Crippen molar-refractivity contribution in [2.45, 2.75) is 32.6 Å². The van der Waals surface area contributed by atoms with Crippen LogP contribution in [0.15, 0.2) is 47.8 Å². The zero-order chi connectivity index (χ0) is 21.5. The lowest BCUT2D eigenvalue weighted by molar-refractivity contribution is 0.256. The zero-order valence-corrected chi connectivity index (χ0v) is 17.4. The Morgan fingerprint density at radius 1 is 1.10 bits per heavy atom. The second-order valence-corrected chi connectivity index (χ2v) is 7.56. The van der Waals surface area contributed by atoms with Crippen molar-refractivity contribution in [3.8, 4) is 17.0 Å². The molecule has 0 bridgehead atoms. The van der Waals surface area contributed by atoms with Gasteiger partial charge in [0, 0.05) is 10.9 Å². The van der Waals surface area contributed by atoms with Gasteiger partial charge in [-0.2, -0.15) is 0 Å². The van der Waals surface area contributed by atoms with Crippen molar-refractivity contribution in [3.63, 3.8) is 0 Å². The number of halogens is 2. The molecule has 0 aliphatic rings. The van der Waals surface area contributed by atoms with Crippen LogP contribution in [-0.4, -0.2) is 17.6 Å². The first-order valence-electron chi connectivity index (χ1n) is 9.73.